The van der Waals surface area contributed by atoms with Crippen LogP contribution in [0.1, 0.15) is 24.8 Å². The smallest absolute Gasteiger partial charge is 0.325 e. The highest BCUT2D eigenvalue weighted by Crippen LogP contribution is 2.32. The van der Waals surface area contributed by atoms with Gasteiger partial charge >= 0.3 is 11.7 Å². The van der Waals surface area contributed by atoms with Gasteiger partial charge in [0.05, 0.1) is 17.1 Å². The molecule has 0 aliphatic heterocycles. The first-order valence-electron chi connectivity index (χ1n) is 8.53. The number of carbonyl (C=O) groups is 1. The van der Waals surface area contributed by atoms with E-state index in [1.807, 2.05) is 12.1 Å². The molecule has 0 radical (unpaired) electrons. The van der Waals surface area contributed by atoms with Crippen LogP contribution in [0.25, 0.3) is 28.0 Å². The Hall–Kier alpha value is -2.79. The van der Waals surface area contributed by atoms with Gasteiger partial charge in [0.1, 0.15) is 5.82 Å². The van der Waals surface area contributed by atoms with Crippen LogP contribution in [0.3, 0.4) is 0 Å². The molecule has 2 atom stereocenters. The zero-order chi connectivity index (χ0) is 19.1. The Kier molecular flexibility index (Phi) is 4.40. The second-order valence-corrected chi connectivity index (χ2v) is 7.25. The molecule has 27 heavy (non-hydrogen) atoms. The number of aromatic nitrogens is 3. The first-order chi connectivity index (χ1) is 12.9. The van der Waals surface area contributed by atoms with Crippen molar-refractivity contribution in [3.8, 4) is 11.3 Å². The van der Waals surface area contributed by atoms with Gasteiger partial charge in [0, 0.05) is 5.56 Å². The van der Waals surface area contributed by atoms with Crippen LogP contribution in [0.2, 0.25) is 0 Å². The minimum atomic E-state index is -0.789. The fraction of sp³-hybridized carbons (Fsp3) is 0.211. The SMILES string of the molecule is O=C(O)C1CC=C(c2cc(F)c(-c3ccc4[nH]c(=O)[nH]c4n3)c(P)c2)CC1. The van der Waals surface area contributed by atoms with Crippen molar-refractivity contribution < 1.29 is 14.3 Å². The third-order valence-corrected chi connectivity index (χ3v) is 5.34. The van der Waals surface area contributed by atoms with Gasteiger partial charge in [-0.25, -0.2) is 14.2 Å². The summed E-state index contributed by atoms with van der Waals surface area (Å²) in [7, 11) is 2.53. The summed E-state index contributed by atoms with van der Waals surface area (Å²) in [5, 5.41) is 9.75. The summed E-state index contributed by atoms with van der Waals surface area (Å²) in [4.78, 5) is 32.0. The van der Waals surface area contributed by atoms with Crippen LogP contribution >= 0.6 is 9.24 Å². The normalized spacial score (nSPS) is 17.1. The van der Waals surface area contributed by atoms with Crippen molar-refractivity contribution in [3.63, 3.8) is 0 Å². The van der Waals surface area contributed by atoms with Crippen LogP contribution in [0.4, 0.5) is 4.39 Å². The maximum atomic E-state index is 14.9. The summed E-state index contributed by atoms with van der Waals surface area (Å²) in [6, 6.07) is 6.67. The maximum absolute atomic E-state index is 14.9. The Morgan fingerprint density at radius 1 is 1.30 bits per heavy atom. The number of hydrogen-bond donors (Lipinski definition) is 3. The summed E-state index contributed by atoms with van der Waals surface area (Å²) in [6.07, 6.45) is 3.50. The van der Waals surface area contributed by atoms with E-state index in [9.17, 15) is 14.0 Å². The number of carboxylic acids is 1. The molecule has 1 aliphatic rings. The summed E-state index contributed by atoms with van der Waals surface area (Å²) >= 11 is 0. The number of nitrogens with one attached hydrogen (secondary N) is 2. The molecule has 3 N–H and O–H groups in total. The lowest BCUT2D eigenvalue weighted by Crippen LogP contribution is -2.16. The number of fused-ring (bicyclic) bond motifs is 1. The molecule has 0 saturated carbocycles. The topological polar surface area (TPSA) is 98.8 Å². The molecule has 2 aromatic heterocycles. The van der Waals surface area contributed by atoms with Gasteiger partial charge in [0.15, 0.2) is 5.65 Å². The number of aromatic amines is 2. The molecular weight excluding hydrogens is 368 g/mol. The molecule has 2 unspecified atom stereocenters. The van der Waals surface area contributed by atoms with Crippen molar-refractivity contribution in [2.24, 2.45) is 5.92 Å². The maximum Gasteiger partial charge on any atom is 0.325 e. The average Bonchev–Trinajstić information content (AvgIpc) is 3.00. The van der Waals surface area contributed by atoms with E-state index >= 15 is 0 Å². The van der Waals surface area contributed by atoms with Gasteiger partial charge < -0.3 is 10.1 Å². The predicted molar refractivity (Wildman–Crippen MR) is 104 cm³/mol. The first-order valence-corrected chi connectivity index (χ1v) is 9.11. The monoisotopic (exact) mass is 385 g/mol. The number of aliphatic carboxylic acids is 1. The van der Waals surface area contributed by atoms with E-state index in [0.29, 0.717) is 47.0 Å². The van der Waals surface area contributed by atoms with E-state index in [1.165, 1.54) is 6.07 Å². The molecule has 1 aliphatic carbocycles. The number of rotatable bonds is 3. The van der Waals surface area contributed by atoms with Crippen molar-refractivity contribution in [2.75, 3.05) is 0 Å². The Morgan fingerprint density at radius 2 is 2.11 bits per heavy atom. The molecule has 8 heteroatoms. The largest absolute Gasteiger partial charge is 0.481 e. The van der Waals surface area contributed by atoms with Crippen LogP contribution in [0.5, 0.6) is 0 Å². The van der Waals surface area contributed by atoms with Crippen LogP contribution in [0, 0.1) is 11.7 Å². The number of allylic oxidation sites excluding steroid dienone is 2. The van der Waals surface area contributed by atoms with E-state index in [1.54, 1.807) is 12.1 Å². The zero-order valence-corrected chi connectivity index (χ0v) is 15.4. The van der Waals surface area contributed by atoms with E-state index in [-0.39, 0.29) is 11.6 Å². The third kappa shape index (κ3) is 3.30. The summed E-state index contributed by atoms with van der Waals surface area (Å²) in [6.45, 7) is 0. The molecule has 138 valence electrons. The highest BCUT2D eigenvalue weighted by atomic mass is 31.0. The molecule has 6 nitrogen and oxygen atoms in total. The third-order valence-electron chi connectivity index (χ3n) is 4.88. The molecule has 2 heterocycles. The Balaban J connectivity index is 1.71. The van der Waals surface area contributed by atoms with Crippen molar-refractivity contribution in [1.29, 1.82) is 0 Å². The van der Waals surface area contributed by atoms with Crippen molar-refractivity contribution in [2.45, 2.75) is 19.3 Å². The summed E-state index contributed by atoms with van der Waals surface area (Å²) in [5.74, 6) is -1.57. The molecule has 0 spiro atoms. The fourth-order valence-corrected chi connectivity index (χ4v) is 3.93. The van der Waals surface area contributed by atoms with Crippen LogP contribution in [0.15, 0.2) is 35.1 Å². The molecule has 0 saturated heterocycles. The summed E-state index contributed by atoms with van der Waals surface area (Å²) < 4.78 is 14.9. The van der Waals surface area contributed by atoms with Crippen molar-refractivity contribution in [3.05, 3.63) is 52.2 Å². The number of carboxylic acid groups (broad SMARTS) is 1. The molecule has 0 amide bonds. The number of H-pyrrole nitrogens is 2. The lowest BCUT2D eigenvalue weighted by atomic mass is 9.86. The Morgan fingerprint density at radius 3 is 2.78 bits per heavy atom. The van der Waals surface area contributed by atoms with Crippen LogP contribution in [-0.2, 0) is 4.79 Å². The van der Waals surface area contributed by atoms with Crippen molar-refractivity contribution in [1.82, 2.24) is 15.0 Å². The lowest BCUT2D eigenvalue weighted by Gasteiger charge is -2.19. The van der Waals surface area contributed by atoms with E-state index in [2.05, 4.69) is 24.2 Å². The van der Waals surface area contributed by atoms with Gasteiger partial charge in [0.2, 0.25) is 0 Å². The van der Waals surface area contributed by atoms with Gasteiger partial charge in [-0.15, -0.1) is 9.24 Å². The number of halogens is 1. The highest BCUT2D eigenvalue weighted by Gasteiger charge is 2.22. The minimum Gasteiger partial charge on any atom is -0.481 e. The van der Waals surface area contributed by atoms with E-state index < -0.39 is 11.8 Å². The van der Waals surface area contributed by atoms with Crippen LogP contribution < -0.4 is 11.0 Å². The molecule has 1 aromatic carbocycles. The second kappa shape index (κ2) is 6.74. The number of benzene rings is 1. The molecule has 0 fully saturated rings. The minimum absolute atomic E-state index is 0.354. The van der Waals surface area contributed by atoms with Gasteiger partial charge in [-0.3, -0.25) is 9.78 Å². The second-order valence-electron chi connectivity index (χ2n) is 6.63. The van der Waals surface area contributed by atoms with Gasteiger partial charge in [-0.05, 0) is 60.0 Å². The fourth-order valence-electron chi connectivity index (χ4n) is 3.46. The molecule has 0 bridgehead atoms. The van der Waals surface area contributed by atoms with E-state index in [4.69, 9.17) is 5.11 Å². The average molecular weight is 385 g/mol. The lowest BCUT2D eigenvalue weighted by molar-refractivity contribution is -0.141. The molecule has 4 rings (SSSR count). The Bertz CT molecular complexity index is 1130. The summed E-state index contributed by atoms with van der Waals surface area (Å²) in [5.41, 5.74) is 3.07. The van der Waals surface area contributed by atoms with Gasteiger partial charge in [-0.2, -0.15) is 0 Å². The Labute approximate surface area is 155 Å². The molecule has 3 aromatic rings. The van der Waals surface area contributed by atoms with Crippen LogP contribution in [-0.4, -0.2) is 26.0 Å². The van der Waals surface area contributed by atoms with Gasteiger partial charge in [0.25, 0.3) is 0 Å². The quantitative estimate of drug-likeness (QED) is 0.604. The number of pyridine rings is 1. The first kappa shape index (κ1) is 17.6. The standard InChI is InChI=1S/C19H17FN3O3P/c20-12-7-11(9-1-3-10(4-2-9)18(24)25)8-15(27)16(12)13-5-6-14-17(21-13)23-19(26)22-14/h1,5-8,10H,2-4,27H2,(H,24,25)(H2,21,22,23,26). The highest BCUT2D eigenvalue weighted by molar-refractivity contribution is 7.28. The zero-order valence-electron chi connectivity index (χ0n) is 14.3. The number of nitrogens with zero attached hydrogens (tertiary/aromatic N) is 1. The predicted octanol–water partition coefficient (Wildman–Crippen LogP) is 2.83. The molecular formula is C19H17FN3O3P. The van der Waals surface area contributed by atoms with Gasteiger partial charge in [-0.1, -0.05) is 6.08 Å². The van der Waals surface area contributed by atoms with Crippen molar-refractivity contribution >= 4 is 37.3 Å². The van der Waals surface area contributed by atoms with E-state index in [0.717, 1.165) is 11.1 Å². The number of imidazole rings is 1. The number of hydrogen-bond acceptors (Lipinski definition) is 3.